The first-order chi connectivity index (χ1) is 7.30. The number of ether oxygens (including phenoxy) is 1. The molecule has 0 radical (unpaired) electrons. The molecular weight excluding hydrogens is 223 g/mol. The van der Waals surface area contributed by atoms with Gasteiger partial charge in [-0.1, -0.05) is 0 Å². The molecule has 16 heavy (non-hydrogen) atoms. The van der Waals surface area contributed by atoms with Crippen molar-refractivity contribution in [1.82, 2.24) is 0 Å². The van der Waals surface area contributed by atoms with E-state index in [1.807, 2.05) is 0 Å². The smallest absolute Gasteiger partial charge is 0.416 e. The SMILES string of the molecule is C[C@H](N)C(=O)Oc1ccc(C(F)(F)F)cc1. The zero-order valence-electron chi connectivity index (χ0n) is 8.41. The summed E-state index contributed by atoms with van der Waals surface area (Å²) in [6.07, 6.45) is -4.40. The maximum atomic E-state index is 12.2. The minimum Gasteiger partial charge on any atom is -0.425 e. The van der Waals surface area contributed by atoms with E-state index in [-0.39, 0.29) is 5.75 Å². The molecule has 6 heteroatoms. The molecule has 0 amide bonds. The number of nitrogens with two attached hydrogens (primary N) is 1. The highest BCUT2D eigenvalue weighted by Gasteiger charge is 2.30. The topological polar surface area (TPSA) is 52.3 Å². The van der Waals surface area contributed by atoms with E-state index < -0.39 is 23.8 Å². The van der Waals surface area contributed by atoms with Gasteiger partial charge in [0, 0.05) is 0 Å². The Hall–Kier alpha value is -1.56. The molecule has 2 N–H and O–H groups in total. The van der Waals surface area contributed by atoms with Crippen molar-refractivity contribution in [1.29, 1.82) is 0 Å². The predicted molar refractivity (Wildman–Crippen MR) is 50.7 cm³/mol. The van der Waals surface area contributed by atoms with Crippen molar-refractivity contribution in [2.75, 3.05) is 0 Å². The van der Waals surface area contributed by atoms with Crippen LogP contribution in [0.15, 0.2) is 24.3 Å². The molecule has 1 aromatic carbocycles. The summed E-state index contributed by atoms with van der Waals surface area (Å²) >= 11 is 0. The molecule has 0 bridgehead atoms. The Morgan fingerprint density at radius 2 is 1.81 bits per heavy atom. The van der Waals surface area contributed by atoms with Crippen LogP contribution in [0.5, 0.6) is 5.75 Å². The molecule has 1 aromatic rings. The maximum Gasteiger partial charge on any atom is 0.416 e. The summed E-state index contributed by atoms with van der Waals surface area (Å²) in [6, 6.07) is 3.00. The van der Waals surface area contributed by atoms with Crippen molar-refractivity contribution in [2.24, 2.45) is 5.73 Å². The van der Waals surface area contributed by atoms with Gasteiger partial charge in [0.1, 0.15) is 11.8 Å². The van der Waals surface area contributed by atoms with Crippen LogP contribution >= 0.6 is 0 Å². The van der Waals surface area contributed by atoms with Gasteiger partial charge in [0.15, 0.2) is 0 Å². The summed E-state index contributed by atoms with van der Waals surface area (Å²) < 4.78 is 41.3. The minimum absolute atomic E-state index is 0.0373. The number of carbonyl (C=O) groups excluding carboxylic acids is 1. The standard InChI is InChI=1S/C10H10F3NO2/c1-6(14)9(15)16-8-4-2-7(3-5-8)10(11,12)13/h2-6H,14H2,1H3/t6-/m0/s1. The van der Waals surface area contributed by atoms with E-state index in [9.17, 15) is 18.0 Å². The van der Waals surface area contributed by atoms with E-state index in [4.69, 9.17) is 10.5 Å². The normalized spacial score (nSPS) is 13.3. The summed E-state index contributed by atoms with van der Waals surface area (Å²) in [4.78, 5) is 11.0. The largest absolute Gasteiger partial charge is 0.425 e. The number of esters is 1. The van der Waals surface area contributed by atoms with E-state index in [2.05, 4.69) is 0 Å². The molecule has 0 saturated carbocycles. The first-order valence-corrected chi connectivity index (χ1v) is 4.45. The van der Waals surface area contributed by atoms with Gasteiger partial charge in [-0.25, -0.2) is 4.79 Å². The highest BCUT2D eigenvalue weighted by atomic mass is 19.4. The molecule has 1 atom stereocenters. The summed E-state index contributed by atoms with van der Waals surface area (Å²) in [5.74, 6) is -0.657. The van der Waals surface area contributed by atoms with Crippen LogP contribution in [0.2, 0.25) is 0 Å². The molecule has 0 aliphatic rings. The fourth-order valence-electron chi connectivity index (χ4n) is 0.921. The fourth-order valence-corrected chi connectivity index (χ4v) is 0.921. The summed E-state index contributed by atoms with van der Waals surface area (Å²) in [6.45, 7) is 1.42. The fraction of sp³-hybridized carbons (Fsp3) is 0.300. The van der Waals surface area contributed by atoms with Crippen molar-refractivity contribution in [3.8, 4) is 5.75 Å². The quantitative estimate of drug-likeness (QED) is 0.627. The van der Waals surface area contributed by atoms with Crippen LogP contribution in [-0.2, 0) is 11.0 Å². The number of carbonyl (C=O) groups is 1. The third kappa shape index (κ3) is 3.23. The Morgan fingerprint density at radius 1 is 1.31 bits per heavy atom. The van der Waals surface area contributed by atoms with E-state index in [0.29, 0.717) is 0 Å². The van der Waals surface area contributed by atoms with Crippen molar-refractivity contribution in [3.05, 3.63) is 29.8 Å². The lowest BCUT2D eigenvalue weighted by Crippen LogP contribution is -2.30. The first kappa shape index (κ1) is 12.5. The van der Waals surface area contributed by atoms with Crippen LogP contribution in [0.1, 0.15) is 12.5 Å². The number of benzene rings is 1. The monoisotopic (exact) mass is 233 g/mol. The van der Waals surface area contributed by atoms with Gasteiger partial charge in [0.05, 0.1) is 5.56 Å². The minimum atomic E-state index is -4.40. The lowest BCUT2D eigenvalue weighted by atomic mass is 10.2. The van der Waals surface area contributed by atoms with Crippen LogP contribution < -0.4 is 10.5 Å². The molecule has 0 aliphatic carbocycles. The van der Waals surface area contributed by atoms with Crippen LogP contribution in [-0.4, -0.2) is 12.0 Å². The molecule has 0 saturated heterocycles. The molecule has 0 fully saturated rings. The zero-order chi connectivity index (χ0) is 12.3. The molecule has 3 nitrogen and oxygen atoms in total. The average Bonchev–Trinajstić information content (AvgIpc) is 2.17. The molecule has 1 rings (SSSR count). The summed E-state index contributed by atoms with van der Waals surface area (Å²) in [5.41, 5.74) is 4.43. The lowest BCUT2D eigenvalue weighted by Gasteiger charge is -2.09. The highest BCUT2D eigenvalue weighted by Crippen LogP contribution is 2.30. The van der Waals surface area contributed by atoms with Crippen LogP contribution in [0.25, 0.3) is 0 Å². The Bertz CT molecular complexity index is 371. The lowest BCUT2D eigenvalue weighted by molar-refractivity contribution is -0.137. The van der Waals surface area contributed by atoms with E-state index >= 15 is 0 Å². The third-order valence-electron chi connectivity index (χ3n) is 1.77. The number of hydrogen-bond donors (Lipinski definition) is 1. The maximum absolute atomic E-state index is 12.2. The number of hydrogen-bond acceptors (Lipinski definition) is 3. The van der Waals surface area contributed by atoms with Crippen molar-refractivity contribution < 1.29 is 22.7 Å². The van der Waals surface area contributed by atoms with Gasteiger partial charge >= 0.3 is 12.1 Å². The Morgan fingerprint density at radius 3 is 2.19 bits per heavy atom. The van der Waals surface area contributed by atoms with Crippen LogP contribution in [0.3, 0.4) is 0 Å². The Balaban J connectivity index is 2.76. The van der Waals surface area contributed by atoms with Gasteiger partial charge in [-0.3, -0.25) is 0 Å². The van der Waals surface area contributed by atoms with E-state index in [1.54, 1.807) is 0 Å². The molecule has 0 spiro atoms. The second-order valence-corrected chi connectivity index (χ2v) is 3.23. The third-order valence-corrected chi connectivity index (χ3v) is 1.77. The van der Waals surface area contributed by atoms with E-state index in [0.717, 1.165) is 24.3 Å². The van der Waals surface area contributed by atoms with E-state index in [1.165, 1.54) is 6.92 Å². The Labute approximate surface area is 90.0 Å². The summed E-state index contributed by atoms with van der Waals surface area (Å²) in [5, 5.41) is 0. The summed E-state index contributed by atoms with van der Waals surface area (Å²) in [7, 11) is 0. The first-order valence-electron chi connectivity index (χ1n) is 4.45. The van der Waals surface area contributed by atoms with Crippen molar-refractivity contribution >= 4 is 5.97 Å². The van der Waals surface area contributed by atoms with Crippen LogP contribution in [0, 0.1) is 0 Å². The average molecular weight is 233 g/mol. The van der Waals surface area contributed by atoms with Crippen molar-refractivity contribution in [3.63, 3.8) is 0 Å². The zero-order valence-corrected chi connectivity index (χ0v) is 8.41. The molecule has 0 aliphatic heterocycles. The van der Waals surface area contributed by atoms with Gasteiger partial charge < -0.3 is 10.5 Å². The molecule has 88 valence electrons. The van der Waals surface area contributed by atoms with Gasteiger partial charge in [-0.05, 0) is 31.2 Å². The second-order valence-electron chi connectivity index (χ2n) is 3.23. The van der Waals surface area contributed by atoms with Gasteiger partial charge in [0.25, 0.3) is 0 Å². The number of rotatable bonds is 2. The Kier molecular flexibility index (Phi) is 3.54. The second kappa shape index (κ2) is 4.52. The van der Waals surface area contributed by atoms with Crippen LogP contribution in [0.4, 0.5) is 13.2 Å². The molecular formula is C10H10F3NO2. The number of halogens is 3. The molecule has 0 unspecified atom stereocenters. The van der Waals surface area contributed by atoms with Crippen molar-refractivity contribution in [2.45, 2.75) is 19.1 Å². The van der Waals surface area contributed by atoms with Gasteiger partial charge in [-0.2, -0.15) is 13.2 Å². The van der Waals surface area contributed by atoms with Gasteiger partial charge in [0.2, 0.25) is 0 Å². The molecule has 0 heterocycles. The highest BCUT2D eigenvalue weighted by molar-refractivity contribution is 5.77. The predicted octanol–water partition coefficient (Wildman–Crippen LogP) is 1.96. The number of alkyl halides is 3. The van der Waals surface area contributed by atoms with Gasteiger partial charge in [-0.15, -0.1) is 0 Å². The molecule has 0 aromatic heterocycles.